The number of nitrogens with one attached hydrogen (secondary N) is 2. The van der Waals surface area contributed by atoms with E-state index in [0.717, 1.165) is 21.5 Å². The van der Waals surface area contributed by atoms with Gasteiger partial charge in [0.2, 0.25) is 11.8 Å². The summed E-state index contributed by atoms with van der Waals surface area (Å²) in [6.45, 7) is 3.50. The van der Waals surface area contributed by atoms with E-state index in [1.807, 2.05) is 35.2 Å². The number of likely N-dealkylation sites (tertiary alicyclic amines) is 1. The minimum atomic E-state index is -0.185. The highest BCUT2D eigenvalue weighted by Crippen LogP contribution is 2.30. The third-order valence-corrected chi connectivity index (χ3v) is 6.70. The number of nitrogens with zero attached hydrogens (tertiary/aromatic N) is 3. The number of benzene rings is 1. The molecule has 3 amide bonds. The fourth-order valence-corrected chi connectivity index (χ4v) is 4.92. The van der Waals surface area contributed by atoms with Crippen LogP contribution in [0.15, 0.2) is 30.3 Å². The molecule has 0 radical (unpaired) electrons. The second-order valence-corrected chi connectivity index (χ2v) is 8.83. The van der Waals surface area contributed by atoms with Gasteiger partial charge in [0.25, 0.3) is 5.91 Å². The van der Waals surface area contributed by atoms with Crippen LogP contribution in [0, 0.1) is 5.92 Å². The Bertz CT molecular complexity index is 1130. The molecule has 1 saturated heterocycles. The summed E-state index contributed by atoms with van der Waals surface area (Å²) in [6, 6.07) is 9.71. The van der Waals surface area contributed by atoms with Crippen LogP contribution in [-0.2, 0) is 22.6 Å². The lowest BCUT2D eigenvalue weighted by Crippen LogP contribution is -2.53. The van der Waals surface area contributed by atoms with Crippen LogP contribution in [0.2, 0.25) is 0 Å². The van der Waals surface area contributed by atoms with Crippen LogP contribution in [0.25, 0.3) is 10.9 Å². The normalized spacial score (nSPS) is 16.3. The molecule has 9 heteroatoms. The van der Waals surface area contributed by atoms with E-state index in [-0.39, 0.29) is 23.6 Å². The number of H-pyrrole nitrogens is 1. The zero-order chi connectivity index (χ0) is 20.8. The fourth-order valence-electron chi connectivity index (χ4n) is 3.89. The highest BCUT2D eigenvalue weighted by atomic mass is 32.1. The van der Waals surface area contributed by atoms with Gasteiger partial charge in [-0.05, 0) is 12.1 Å². The fraction of sp³-hybridized carbons (Fsp3) is 0.333. The van der Waals surface area contributed by atoms with Crippen LogP contribution in [0.3, 0.4) is 0 Å². The van der Waals surface area contributed by atoms with Crippen molar-refractivity contribution in [2.45, 2.75) is 19.9 Å². The summed E-state index contributed by atoms with van der Waals surface area (Å²) in [4.78, 5) is 48.8. The number of carbonyl (C=O) groups excluding carboxylic acids is 3. The van der Waals surface area contributed by atoms with Crippen molar-refractivity contribution in [1.29, 1.82) is 0 Å². The first-order valence-corrected chi connectivity index (χ1v) is 10.7. The first-order valence-electron chi connectivity index (χ1n) is 9.90. The van der Waals surface area contributed by atoms with Gasteiger partial charge in [0.1, 0.15) is 5.69 Å². The highest BCUT2D eigenvalue weighted by Gasteiger charge is 2.35. The lowest BCUT2D eigenvalue weighted by atomic mass is 9.99. The molecule has 4 heterocycles. The quantitative estimate of drug-likeness (QED) is 0.675. The molecule has 0 atom stereocenters. The maximum Gasteiger partial charge on any atom is 0.270 e. The first-order chi connectivity index (χ1) is 14.5. The third-order valence-electron chi connectivity index (χ3n) is 5.71. The predicted molar refractivity (Wildman–Crippen MR) is 113 cm³/mol. The van der Waals surface area contributed by atoms with E-state index in [2.05, 4.69) is 15.3 Å². The SMILES string of the molecule is CC(=O)N1CC(C(=O)Nc2nc3c(s2)CN(C(=O)c2cc4ccccc4[nH]2)CC3)C1. The molecular formula is C21H21N5O3S. The van der Waals surface area contributed by atoms with Gasteiger partial charge in [0, 0.05) is 48.8 Å². The van der Waals surface area contributed by atoms with Crippen molar-refractivity contribution in [2.24, 2.45) is 5.92 Å². The van der Waals surface area contributed by atoms with E-state index < -0.39 is 0 Å². The molecule has 2 aromatic heterocycles. The summed E-state index contributed by atoms with van der Waals surface area (Å²) in [5.41, 5.74) is 2.47. The zero-order valence-electron chi connectivity index (χ0n) is 16.5. The molecule has 154 valence electrons. The van der Waals surface area contributed by atoms with Gasteiger partial charge in [0.05, 0.1) is 18.2 Å². The summed E-state index contributed by atoms with van der Waals surface area (Å²) in [5.74, 6) is -0.336. The molecule has 1 aromatic carbocycles. The van der Waals surface area contributed by atoms with Crippen molar-refractivity contribution >= 4 is 45.1 Å². The lowest BCUT2D eigenvalue weighted by molar-refractivity contribution is -0.139. The van der Waals surface area contributed by atoms with E-state index in [1.54, 1.807) is 4.90 Å². The number of aromatic amines is 1. The van der Waals surface area contributed by atoms with Gasteiger partial charge < -0.3 is 20.1 Å². The highest BCUT2D eigenvalue weighted by molar-refractivity contribution is 7.15. The Morgan fingerprint density at radius 3 is 2.77 bits per heavy atom. The molecule has 2 aliphatic heterocycles. The number of hydrogen-bond acceptors (Lipinski definition) is 5. The number of thiazole rings is 1. The van der Waals surface area contributed by atoms with Crippen molar-refractivity contribution in [2.75, 3.05) is 25.0 Å². The summed E-state index contributed by atoms with van der Waals surface area (Å²) in [6.07, 6.45) is 0.662. The number of rotatable bonds is 3. The number of fused-ring (bicyclic) bond motifs is 2. The van der Waals surface area contributed by atoms with Crippen molar-refractivity contribution in [3.63, 3.8) is 0 Å². The molecule has 5 rings (SSSR count). The van der Waals surface area contributed by atoms with Crippen LogP contribution in [0.1, 0.15) is 28.0 Å². The average molecular weight is 423 g/mol. The van der Waals surface area contributed by atoms with Crippen LogP contribution in [0.4, 0.5) is 5.13 Å². The summed E-state index contributed by atoms with van der Waals surface area (Å²) < 4.78 is 0. The van der Waals surface area contributed by atoms with E-state index in [1.165, 1.54) is 18.3 Å². The Kier molecular flexibility index (Phi) is 4.54. The van der Waals surface area contributed by atoms with Gasteiger partial charge in [0.15, 0.2) is 5.13 Å². The molecule has 2 aliphatic rings. The smallest absolute Gasteiger partial charge is 0.270 e. The summed E-state index contributed by atoms with van der Waals surface area (Å²) >= 11 is 1.42. The van der Waals surface area contributed by atoms with Gasteiger partial charge in [-0.2, -0.15) is 0 Å². The largest absolute Gasteiger partial charge is 0.351 e. The summed E-state index contributed by atoms with van der Waals surface area (Å²) in [5, 5.41) is 4.45. The molecule has 30 heavy (non-hydrogen) atoms. The lowest BCUT2D eigenvalue weighted by Gasteiger charge is -2.37. The standard InChI is InChI=1S/C21H21N5O3S/c1-12(27)26-9-14(10-26)19(28)24-21-23-16-6-7-25(11-18(16)30-21)20(29)17-8-13-4-2-3-5-15(13)22-17/h2-5,8,14,22H,6-7,9-11H2,1H3,(H,23,24,28). The van der Waals surface area contributed by atoms with E-state index in [4.69, 9.17) is 0 Å². The molecule has 1 fully saturated rings. The minimum absolute atomic E-state index is 0.0107. The Labute approximate surface area is 176 Å². The molecule has 0 saturated carbocycles. The molecule has 0 aliphatic carbocycles. The van der Waals surface area contributed by atoms with Gasteiger partial charge in [-0.1, -0.05) is 29.5 Å². The molecular weight excluding hydrogens is 402 g/mol. The zero-order valence-corrected chi connectivity index (χ0v) is 17.3. The van der Waals surface area contributed by atoms with Crippen LogP contribution >= 0.6 is 11.3 Å². The van der Waals surface area contributed by atoms with Gasteiger partial charge in [-0.25, -0.2) is 4.98 Å². The van der Waals surface area contributed by atoms with Crippen LogP contribution < -0.4 is 5.32 Å². The Morgan fingerprint density at radius 1 is 1.20 bits per heavy atom. The van der Waals surface area contributed by atoms with Crippen molar-refractivity contribution in [3.8, 4) is 0 Å². The van der Waals surface area contributed by atoms with Crippen molar-refractivity contribution in [3.05, 3.63) is 46.6 Å². The van der Waals surface area contributed by atoms with Crippen LogP contribution in [0.5, 0.6) is 0 Å². The Morgan fingerprint density at radius 2 is 2.00 bits per heavy atom. The maximum atomic E-state index is 13.0. The number of anilines is 1. The molecule has 2 N–H and O–H groups in total. The van der Waals surface area contributed by atoms with Gasteiger partial charge in [-0.15, -0.1) is 0 Å². The molecule has 0 unspecified atom stereocenters. The van der Waals surface area contributed by atoms with E-state index in [0.29, 0.717) is 43.4 Å². The van der Waals surface area contributed by atoms with Gasteiger partial charge in [-0.3, -0.25) is 14.4 Å². The molecule has 0 bridgehead atoms. The average Bonchev–Trinajstić information content (AvgIpc) is 3.28. The van der Waals surface area contributed by atoms with E-state index in [9.17, 15) is 14.4 Å². The predicted octanol–water partition coefficient (Wildman–Crippen LogP) is 2.24. The summed E-state index contributed by atoms with van der Waals surface area (Å²) in [7, 11) is 0. The number of carbonyl (C=O) groups is 3. The first kappa shape index (κ1) is 18.8. The number of amides is 3. The molecule has 3 aromatic rings. The van der Waals surface area contributed by atoms with Gasteiger partial charge >= 0.3 is 0 Å². The number of para-hydroxylation sites is 1. The topological polar surface area (TPSA) is 98.4 Å². The number of hydrogen-bond donors (Lipinski definition) is 2. The second-order valence-electron chi connectivity index (χ2n) is 7.75. The number of aromatic nitrogens is 2. The molecule has 0 spiro atoms. The van der Waals surface area contributed by atoms with Crippen LogP contribution in [-0.4, -0.2) is 57.1 Å². The monoisotopic (exact) mass is 423 g/mol. The third kappa shape index (κ3) is 3.35. The van der Waals surface area contributed by atoms with Crippen molar-refractivity contribution < 1.29 is 14.4 Å². The Hall–Kier alpha value is -3.20. The maximum absolute atomic E-state index is 13.0. The second kappa shape index (κ2) is 7.24. The van der Waals surface area contributed by atoms with E-state index >= 15 is 0 Å². The van der Waals surface area contributed by atoms with Crippen molar-refractivity contribution in [1.82, 2.24) is 19.8 Å². The molecule has 8 nitrogen and oxygen atoms in total. The minimum Gasteiger partial charge on any atom is -0.351 e. The Balaban J connectivity index is 1.25.